The Morgan fingerprint density at radius 3 is 1.52 bits per heavy atom. The quantitative estimate of drug-likeness (QED) is 0.336. The molecule has 0 saturated heterocycles. The lowest BCUT2D eigenvalue weighted by atomic mass is 10.1. The van der Waals surface area contributed by atoms with Crippen LogP contribution in [0.2, 0.25) is 0 Å². The molecule has 0 saturated carbocycles. The maximum atomic E-state index is 9.30. The van der Waals surface area contributed by atoms with Gasteiger partial charge in [0.1, 0.15) is 17.2 Å². The van der Waals surface area contributed by atoms with Crippen LogP contribution in [0.4, 0.5) is 0 Å². The fourth-order valence-electron chi connectivity index (χ4n) is 3.05. The highest BCUT2D eigenvalue weighted by Gasteiger charge is 2.03. The highest BCUT2D eigenvalue weighted by atomic mass is 16.5. The van der Waals surface area contributed by atoms with Crippen molar-refractivity contribution in [3.8, 4) is 17.2 Å². The van der Waals surface area contributed by atoms with E-state index in [9.17, 15) is 5.11 Å². The van der Waals surface area contributed by atoms with E-state index in [-0.39, 0.29) is 6.61 Å². The summed E-state index contributed by atoms with van der Waals surface area (Å²) in [5.41, 5.74) is 2.76. The first-order chi connectivity index (χ1) is 16.2. The molecule has 0 amide bonds. The number of aliphatic hydroxyl groups excluding tert-OH is 1. The predicted octanol–water partition coefficient (Wildman–Crippen LogP) is 3.36. The monoisotopic (exact) mass is 464 g/mol. The van der Waals surface area contributed by atoms with Gasteiger partial charge in [-0.15, -0.1) is 0 Å². The Hall–Kier alpha value is -2.36. The van der Waals surface area contributed by atoms with Gasteiger partial charge in [0.15, 0.2) is 0 Å². The van der Waals surface area contributed by atoms with Crippen molar-refractivity contribution < 1.29 is 38.3 Å². The van der Waals surface area contributed by atoms with Crippen molar-refractivity contribution in [2.24, 2.45) is 0 Å². The van der Waals surface area contributed by atoms with Crippen LogP contribution in [0.5, 0.6) is 17.2 Å². The van der Waals surface area contributed by atoms with Crippen molar-refractivity contribution in [2.75, 3.05) is 61.0 Å². The molecular formula is C25H36O8. The molecule has 0 aliphatic heterocycles. The lowest BCUT2D eigenvalue weighted by molar-refractivity contribution is 0.00583. The van der Waals surface area contributed by atoms with E-state index in [1.54, 1.807) is 21.3 Å². The minimum absolute atomic E-state index is 0.0241. The molecule has 0 aliphatic carbocycles. The summed E-state index contributed by atoms with van der Waals surface area (Å²) in [6.07, 6.45) is 0.796. The van der Waals surface area contributed by atoms with E-state index >= 15 is 0 Å². The van der Waals surface area contributed by atoms with E-state index in [2.05, 4.69) is 0 Å². The molecule has 0 bridgehead atoms. The number of hydrogen-bond donors (Lipinski definition) is 1. The van der Waals surface area contributed by atoms with Crippen molar-refractivity contribution in [1.82, 2.24) is 0 Å². The molecular weight excluding hydrogens is 428 g/mol. The van der Waals surface area contributed by atoms with Crippen LogP contribution in [0.1, 0.15) is 23.1 Å². The fraction of sp³-hybridized carbons (Fsp3) is 0.520. The summed E-state index contributed by atoms with van der Waals surface area (Å²) < 4.78 is 38.1. The molecule has 1 N–H and O–H groups in total. The molecule has 0 aliphatic rings. The van der Waals surface area contributed by atoms with Gasteiger partial charge in [0.05, 0.1) is 67.6 Å². The number of methoxy groups -OCH3 is 3. The van der Waals surface area contributed by atoms with Crippen molar-refractivity contribution in [3.05, 3.63) is 53.1 Å². The average Bonchev–Trinajstić information content (AvgIpc) is 2.86. The van der Waals surface area contributed by atoms with Gasteiger partial charge >= 0.3 is 0 Å². The van der Waals surface area contributed by atoms with Crippen LogP contribution < -0.4 is 14.2 Å². The van der Waals surface area contributed by atoms with Crippen LogP contribution in [0, 0.1) is 0 Å². The molecule has 2 aromatic carbocycles. The highest BCUT2D eigenvalue weighted by molar-refractivity contribution is 5.38. The van der Waals surface area contributed by atoms with Crippen LogP contribution in [0.15, 0.2) is 36.4 Å². The van der Waals surface area contributed by atoms with Crippen LogP contribution >= 0.6 is 0 Å². The van der Waals surface area contributed by atoms with E-state index in [1.807, 2.05) is 36.4 Å². The maximum Gasteiger partial charge on any atom is 0.122 e. The Morgan fingerprint density at radius 2 is 0.939 bits per heavy atom. The van der Waals surface area contributed by atoms with Crippen LogP contribution in [0.25, 0.3) is 0 Å². The van der Waals surface area contributed by atoms with Gasteiger partial charge in [0.2, 0.25) is 0 Å². The van der Waals surface area contributed by atoms with Gasteiger partial charge in [0, 0.05) is 19.3 Å². The number of ether oxygens (including phenoxy) is 7. The van der Waals surface area contributed by atoms with Crippen molar-refractivity contribution >= 4 is 0 Å². The first-order valence-corrected chi connectivity index (χ1v) is 11.0. The molecule has 0 atom stereocenters. The predicted molar refractivity (Wildman–Crippen MR) is 124 cm³/mol. The van der Waals surface area contributed by atoms with E-state index in [0.717, 1.165) is 40.4 Å². The van der Waals surface area contributed by atoms with Gasteiger partial charge in [-0.2, -0.15) is 0 Å². The highest BCUT2D eigenvalue weighted by Crippen LogP contribution is 2.23. The Bertz CT molecular complexity index is 686. The minimum Gasteiger partial charge on any atom is -0.497 e. The zero-order valence-corrected chi connectivity index (χ0v) is 19.8. The topological polar surface area (TPSA) is 84.8 Å². The summed E-state index contributed by atoms with van der Waals surface area (Å²) in [6, 6.07) is 11.3. The Labute approximate surface area is 196 Å². The smallest absolute Gasteiger partial charge is 0.122 e. The molecule has 0 unspecified atom stereocenters. The summed E-state index contributed by atoms with van der Waals surface area (Å²) in [5, 5.41) is 9.30. The SMILES string of the molecule is COc1cc(CO)cc(COCCCOCCOCCOCc2cc(OC)cc(OC)c2)c1. The van der Waals surface area contributed by atoms with E-state index in [1.165, 1.54) is 0 Å². The standard InChI is InChI=1S/C25H36O8/c1-27-23-12-20(17-26)11-21(13-23)18-32-6-4-5-30-7-8-31-9-10-33-19-22-14-24(28-2)16-25(15-22)29-3/h11-16,26H,4-10,17-19H2,1-3H3. The third kappa shape index (κ3) is 10.9. The molecule has 0 fully saturated rings. The number of benzene rings is 2. The maximum absolute atomic E-state index is 9.30. The minimum atomic E-state index is -0.0241. The third-order valence-corrected chi connectivity index (χ3v) is 4.71. The summed E-state index contributed by atoms with van der Waals surface area (Å²) in [6.45, 7) is 4.16. The van der Waals surface area contributed by atoms with E-state index in [4.69, 9.17) is 33.2 Å². The van der Waals surface area contributed by atoms with Crippen LogP contribution in [0.3, 0.4) is 0 Å². The van der Waals surface area contributed by atoms with Gasteiger partial charge in [-0.3, -0.25) is 0 Å². The molecule has 0 heterocycles. The average molecular weight is 465 g/mol. The lowest BCUT2D eigenvalue weighted by Gasteiger charge is -2.10. The second-order valence-corrected chi connectivity index (χ2v) is 7.25. The van der Waals surface area contributed by atoms with Crippen molar-refractivity contribution in [1.29, 1.82) is 0 Å². The first-order valence-electron chi connectivity index (χ1n) is 11.0. The molecule has 33 heavy (non-hydrogen) atoms. The van der Waals surface area contributed by atoms with Gasteiger partial charge in [-0.05, 0) is 47.4 Å². The Kier molecular flexibility index (Phi) is 13.3. The van der Waals surface area contributed by atoms with Gasteiger partial charge in [-0.25, -0.2) is 0 Å². The normalized spacial score (nSPS) is 10.9. The zero-order chi connectivity index (χ0) is 23.7. The largest absolute Gasteiger partial charge is 0.497 e. The van der Waals surface area contributed by atoms with E-state index < -0.39 is 0 Å². The van der Waals surface area contributed by atoms with Gasteiger partial charge < -0.3 is 38.3 Å². The fourth-order valence-corrected chi connectivity index (χ4v) is 3.05. The van der Waals surface area contributed by atoms with Gasteiger partial charge in [0.25, 0.3) is 0 Å². The second-order valence-electron chi connectivity index (χ2n) is 7.25. The molecule has 8 nitrogen and oxygen atoms in total. The summed E-state index contributed by atoms with van der Waals surface area (Å²) >= 11 is 0. The van der Waals surface area contributed by atoms with E-state index in [0.29, 0.717) is 52.9 Å². The molecule has 2 rings (SSSR count). The third-order valence-electron chi connectivity index (χ3n) is 4.71. The second kappa shape index (κ2) is 16.3. The molecule has 0 spiro atoms. The zero-order valence-electron chi connectivity index (χ0n) is 19.8. The number of aliphatic hydroxyl groups is 1. The van der Waals surface area contributed by atoms with Crippen molar-refractivity contribution in [3.63, 3.8) is 0 Å². The number of rotatable bonds is 18. The Balaban J connectivity index is 1.44. The molecule has 2 aromatic rings. The summed E-state index contributed by atoms with van der Waals surface area (Å²) in [7, 11) is 4.85. The van der Waals surface area contributed by atoms with Crippen LogP contribution in [-0.4, -0.2) is 66.1 Å². The molecule has 184 valence electrons. The first kappa shape index (κ1) is 26.9. The molecule has 0 radical (unpaired) electrons. The lowest BCUT2D eigenvalue weighted by Crippen LogP contribution is -2.10. The van der Waals surface area contributed by atoms with Crippen molar-refractivity contribution in [2.45, 2.75) is 26.2 Å². The molecule has 8 heteroatoms. The number of hydrogen-bond acceptors (Lipinski definition) is 8. The van der Waals surface area contributed by atoms with Gasteiger partial charge in [-0.1, -0.05) is 6.07 Å². The summed E-state index contributed by atoms with van der Waals surface area (Å²) in [5.74, 6) is 2.19. The van der Waals surface area contributed by atoms with Crippen LogP contribution in [-0.2, 0) is 38.8 Å². The molecule has 0 aromatic heterocycles. The summed E-state index contributed by atoms with van der Waals surface area (Å²) in [4.78, 5) is 0. The Morgan fingerprint density at radius 1 is 0.515 bits per heavy atom.